The van der Waals surface area contributed by atoms with Crippen LogP contribution in [-0.2, 0) is 0 Å². The van der Waals surface area contributed by atoms with Crippen LogP contribution < -0.4 is 5.73 Å². The largest absolute Gasteiger partial charge is 0.508 e. The van der Waals surface area contributed by atoms with Gasteiger partial charge in [-0.2, -0.15) is 4.98 Å². The molecule has 0 aliphatic rings. The first-order valence-corrected chi connectivity index (χ1v) is 9.79. The number of fused-ring (bicyclic) bond motifs is 1. The Kier molecular flexibility index (Phi) is 4.34. The summed E-state index contributed by atoms with van der Waals surface area (Å²) in [6, 6.07) is 26.5. The van der Waals surface area contributed by atoms with Crippen molar-refractivity contribution in [2.45, 2.75) is 0 Å². The third-order valence-corrected chi connectivity index (χ3v) is 5.26. The lowest BCUT2D eigenvalue weighted by Crippen LogP contribution is -2.07. The van der Waals surface area contributed by atoms with Crippen LogP contribution in [0.3, 0.4) is 0 Å². The number of rotatable bonds is 3. The Balaban J connectivity index is 1.89. The molecule has 0 amide bonds. The number of anilines is 1. The van der Waals surface area contributed by atoms with Crippen molar-refractivity contribution in [2.24, 2.45) is 0 Å². The van der Waals surface area contributed by atoms with Crippen LogP contribution in [0.4, 0.5) is 5.82 Å². The van der Waals surface area contributed by atoms with E-state index < -0.39 is 0 Å². The maximum absolute atomic E-state index is 9.64. The van der Waals surface area contributed by atoms with Crippen molar-refractivity contribution < 1.29 is 9.52 Å². The molecule has 3 N–H and O–H groups in total. The highest BCUT2D eigenvalue weighted by Gasteiger charge is 2.23. The highest BCUT2D eigenvalue weighted by molar-refractivity contribution is 7.71. The fourth-order valence-corrected chi connectivity index (χ4v) is 3.90. The molecule has 3 aromatic carbocycles. The number of furan rings is 1. The highest BCUT2D eigenvalue weighted by atomic mass is 32.1. The van der Waals surface area contributed by atoms with Gasteiger partial charge in [0.05, 0.1) is 11.1 Å². The van der Waals surface area contributed by atoms with Gasteiger partial charge in [0.15, 0.2) is 0 Å². The first kappa shape index (κ1) is 18.1. The topological polar surface area (TPSA) is 77.2 Å². The Morgan fingerprint density at radius 2 is 1.43 bits per heavy atom. The van der Waals surface area contributed by atoms with Crippen LogP contribution in [-0.4, -0.2) is 14.7 Å². The van der Waals surface area contributed by atoms with E-state index in [1.807, 2.05) is 60.7 Å². The lowest BCUT2D eigenvalue weighted by atomic mass is 9.99. The minimum absolute atomic E-state index is 0.164. The Morgan fingerprint density at radius 1 is 0.833 bits per heavy atom. The Morgan fingerprint density at radius 3 is 2.07 bits per heavy atom. The number of aromatic nitrogens is 2. The summed E-state index contributed by atoms with van der Waals surface area (Å²) >= 11 is 5.52. The zero-order chi connectivity index (χ0) is 20.7. The number of hydrogen-bond donors (Lipinski definition) is 2. The van der Waals surface area contributed by atoms with Gasteiger partial charge in [-0.05, 0) is 42.0 Å². The van der Waals surface area contributed by atoms with Crippen LogP contribution in [0.2, 0.25) is 0 Å². The molecule has 2 heterocycles. The SMILES string of the molecule is Nc1c2c(-c3ccccc3)c(-c3ccccc3)oc2nc(=S)n1-c1ccc(O)cc1. The molecule has 2 aromatic heterocycles. The molecule has 0 radical (unpaired) electrons. The van der Waals surface area contributed by atoms with Gasteiger partial charge >= 0.3 is 0 Å². The van der Waals surface area contributed by atoms with Crippen molar-refractivity contribution in [1.29, 1.82) is 0 Å². The fraction of sp³-hybridized carbons (Fsp3) is 0. The van der Waals surface area contributed by atoms with Gasteiger partial charge in [-0.3, -0.25) is 4.57 Å². The third kappa shape index (κ3) is 2.94. The van der Waals surface area contributed by atoms with Crippen LogP contribution in [0, 0.1) is 4.77 Å². The van der Waals surface area contributed by atoms with E-state index in [0.29, 0.717) is 28.4 Å². The summed E-state index contributed by atoms with van der Waals surface area (Å²) in [6.45, 7) is 0. The molecule has 0 aliphatic carbocycles. The van der Waals surface area contributed by atoms with Gasteiger partial charge in [0.1, 0.15) is 17.3 Å². The van der Waals surface area contributed by atoms with Crippen LogP contribution >= 0.6 is 12.2 Å². The normalized spacial score (nSPS) is 11.1. The zero-order valence-electron chi connectivity index (χ0n) is 15.8. The van der Waals surface area contributed by atoms with Gasteiger partial charge in [-0.15, -0.1) is 0 Å². The number of hydrogen-bond acceptors (Lipinski definition) is 5. The second-order valence-corrected chi connectivity index (χ2v) is 7.21. The molecular formula is C24H17N3O2S. The molecule has 0 spiro atoms. The molecule has 5 rings (SSSR count). The van der Waals surface area contributed by atoms with Crippen molar-refractivity contribution in [3.05, 3.63) is 89.7 Å². The van der Waals surface area contributed by atoms with E-state index in [-0.39, 0.29) is 10.5 Å². The van der Waals surface area contributed by atoms with E-state index in [1.165, 1.54) is 0 Å². The minimum atomic E-state index is 0.164. The van der Waals surface area contributed by atoms with Gasteiger partial charge < -0.3 is 15.3 Å². The molecule has 0 atom stereocenters. The minimum Gasteiger partial charge on any atom is -0.508 e. The molecule has 0 bridgehead atoms. The number of aromatic hydroxyl groups is 1. The monoisotopic (exact) mass is 411 g/mol. The Labute approximate surface area is 177 Å². The van der Waals surface area contributed by atoms with E-state index >= 15 is 0 Å². The average molecular weight is 411 g/mol. The molecule has 0 fully saturated rings. The number of phenols is 1. The molecule has 6 heteroatoms. The van der Waals surface area contributed by atoms with E-state index in [2.05, 4.69) is 4.98 Å². The summed E-state index contributed by atoms with van der Waals surface area (Å²) in [5.41, 5.74) is 10.5. The predicted octanol–water partition coefficient (Wildman–Crippen LogP) is 5.97. The Bertz CT molecular complexity index is 1410. The maximum Gasteiger partial charge on any atom is 0.233 e. The highest BCUT2D eigenvalue weighted by Crippen LogP contribution is 2.42. The van der Waals surface area contributed by atoms with Crippen LogP contribution in [0.1, 0.15) is 0 Å². The zero-order valence-corrected chi connectivity index (χ0v) is 16.6. The second kappa shape index (κ2) is 7.17. The standard InChI is InChI=1S/C24H17N3O2S/c25-22-20-19(15-7-3-1-4-8-15)21(16-9-5-2-6-10-16)29-23(20)26-24(30)27(22)17-11-13-18(28)14-12-17/h1-14,28H,25H2. The summed E-state index contributed by atoms with van der Waals surface area (Å²) in [5.74, 6) is 1.28. The third-order valence-electron chi connectivity index (χ3n) is 4.98. The number of phenolic OH excluding ortho intramolecular Hbond substituents is 1. The Hall–Kier alpha value is -3.90. The average Bonchev–Trinajstić information content (AvgIpc) is 3.16. The number of nitrogens with two attached hydrogens (primary N) is 1. The van der Waals surface area contributed by atoms with Crippen molar-refractivity contribution in [1.82, 2.24) is 9.55 Å². The predicted molar refractivity (Wildman–Crippen MR) is 121 cm³/mol. The molecule has 0 saturated heterocycles. The molecule has 30 heavy (non-hydrogen) atoms. The van der Waals surface area contributed by atoms with E-state index in [0.717, 1.165) is 16.7 Å². The molecular weight excluding hydrogens is 394 g/mol. The lowest BCUT2D eigenvalue weighted by Gasteiger charge is -2.12. The first-order valence-electron chi connectivity index (χ1n) is 9.39. The van der Waals surface area contributed by atoms with E-state index in [9.17, 15) is 5.11 Å². The second-order valence-electron chi connectivity index (χ2n) is 6.85. The van der Waals surface area contributed by atoms with Crippen LogP contribution in [0.15, 0.2) is 89.3 Å². The first-order chi connectivity index (χ1) is 14.6. The number of nitrogen functional groups attached to an aromatic ring is 1. The maximum atomic E-state index is 9.64. The van der Waals surface area contributed by atoms with Gasteiger partial charge in [0.25, 0.3) is 0 Å². The molecule has 5 nitrogen and oxygen atoms in total. The van der Waals surface area contributed by atoms with Crippen LogP contribution in [0.5, 0.6) is 5.75 Å². The van der Waals surface area contributed by atoms with Crippen molar-refractivity contribution in [3.8, 4) is 33.9 Å². The van der Waals surface area contributed by atoms with Gasteiger partial charge in [0.2, 0.25) is 10.5 Å². The summed E-state index contributed by atoms with van der Waals surface area (Å²) in [5, 5.41) is 10.3. The smallest absolute Gasteiger partial charge is 0.233 e. The molecule has 0 unspecified atom stereocenters. The molecule has 146 valence electrons. The van der Waals surface area contributed by atoms with E-state index in [4.69, 9.17) is 22.4 Å². The van der Waals surface area contributed by atoms with Crippen LogP contribution in [0.25, 0.3) is 39.2 Å². The van der Waals surface area contributed by atoms with Crippen molar-refractivity contribution >= 4 is 29.1 Å². The summed E-state index contributed by atoms with van der Waals surface area (Å²) in [7, 11) is 0. The van der Waals surface area contributed by atoms with Crippen molar-refractivity contribution in [2.75, 3.05) is 5.73 Å². The lowest BCUT2D eigenvalue weighted by molar-refractivity contribution is 0.475. The fourth-order valence-electron chi connectivity index (χ4n) is 3.61. The van der Waals surface area contributed by atoms with Crippen molar-refractivity contribution in [3.63, 3.8) is 0 Å². The number of nitrogens with zero attached hydrogens (tertiary/aromatic N) is 2. The molecule has 0 saturated carbocycles. The van der Waals surface area contributed by atoms with Gasteiger partial charge in [0, 0.05) is 11.1 Å². The summed E-state index contributed by atoms with van der Waals surface area (Å²) in [4.78, 5) is 4.54. The number of benzene rings is 3. The summed E-state index contributed by atoms with van der Waals surface area (Å²) < 4.78 is 8.17. The molecule has 0 aliphatic heterocycles. The quantitative estimate of drug-likeness (QED) is 0.358. The molecule has 5 aromatic rings. The summed E-state index contributed by atoms with van der Waals surface area (Å²) in [6.07, 6.45) is 0. The van der Waals surface area contributed by atoms with Gasteiger partial charge in [-0.1, -0.05) is 60.7 Å². The van der Waals surface area contributed by atoms with Gasteiger partial charge in [-0.25, -0.2) is 0 Å². The van der Waals surface area contributed by atoms with E-state index in [1.54, 1.807) is 28.8 Å².